The first-order chi connectivity index (χ1) is 12.2. The maximum Gasteiger partial charge on any atom is 0.242 e. The van der Waals surface area contributed by atoms with Crippen molar-refractivity contribution in [3.8, 4) is 0 Å². The van der Waals surface area contributed by atoms with Gasteiger partial charge in [0.15, 0.2) is 5.17 Å². The summed E-state index contributed by atoms with van der Waals surface area (Å²) in [5, 5.41) is 9.07. The van der Waals surface area contributed by atoms with Crippen LogP contribution in [0.3, 0.4) is 0 Å². The lowest BCUT2D eigenvalue weighted by molar-refractivity contribution is -0.126. The highest BCUT2D eigenvalue weighted by Gasteiger charge is 2.36. The number of amidine groups is 1. The van der Waals surface area contributed by atoms with Gasteiger partial charge >= 0.3 is 0 Å². The Balaban J connectivity index is 1.78. The lowest BCUT2D eigenvalue weighted by Crippen LogP contribution is -2.31. The Hall–Kier alpha value is -1.92. The standard InChI is InChI=1S/C19H18BrN3OS/c1-2-17-18(24)23(13-15-6-4-3-5-7-15)19(25-17)22-21-12-14-8-10-16(20)11-9-14/h3-12,17H,2,13H2,1H3/b21-12-,22-19+/t17-/m0/s1. The lowest BCUT2D eigenvalue weighted by Gasteiger charge is -2.15. The molecule has 0 spiro atoms. The van der Waals surface area contributed by atoms with Gasteiger partial charge in [0.2, 0.25) is 5.91 Å². The first-order valence-corrected chi connectivity index (χ1v) is 9.73. The first-order valence-electron chi connectivity index (χ1n) is 8.06. The molecule has 0 saturated carbocycles. The molecule has 1 fully saturated rings. The molecule has 0 N–H and O–H groups in total. The van der Waals surface area contributed by atoms with Crippen LogP contribution < -0.4 is 0 Å². The van der Waals surface area contributed by atoms with E-state index in [9.17, 15) is 4.79 Å². The van der Waals surface area contributed by atoms with Crippen LogP contribution in [0.4, 0.5) is 0 Å². The average Bonchev–Trinajstić information content (AvgIpc) is 2.93. The van der Waals surface area contributed by atoms with Crippen LogP contribution in [0.2, 0.25) is 0 Å². The van der Waals surface area contributed by atoms with Crippen molar-refractivity contribution in [1.82, 2.24) is 4.90 Å². The summed E-state index contributed by atoms with van der Waals surface area (Å²) >= 11 is 4.90. The molecule has 25 heavy (non-hydrogen) atoms. The second-order valence-electron chi connectivity index (χ2n) is 5.60. The van der Waals surface area contributed by atoms with Crippen molar-refractivity contribution < 1.29 is 4.79 Å². The summed E-state index contributed by atoms with van der Waals surface area (Å²) in [7, 11) is 0. The van der Waals surface area contributed by atoms with E-state index in [0.717, 1.165) is 22.0 Å². The van der Waals surface area contributed by atoms with E-state index in [1.165, 1.54) is 11.8 Å². The third kappa shape index (κ3) is 4.58. The minimum atomic E-state index is -0.0784. The van der Waals surface area contributed by atoms with Crippen LogP contribution in [0.25, 0.3) is 0 Å². The molecule has 1 aliphatic heterocycles. The topological polar surface area (TPSA) is 45.0 Å². The predicted molar refractivity (Wildman–Crippen MR) is 108 cm³/mol. The van der Waals surface area contributed by atoms with E-state index in [0.29, 0.717) is 11.7 Å². The van der Waals surface area contributed by atoms with Gasteiger partial charge in [0.05, 0.1) is 18.0 Å². The molecule has 0 aromatic heterocycles. The summed E-state index contributed by atoms with van der Waals surface area (Å²) in [6, 6.07) is 17.8. The van der Waals surface area contributed by atoms with Crippen molar-refractivity contribution in [2.45, 2.75) is 25.1 Å². The number of hydrogen-bond donors (Lipinski definition) is 0. The van der Waals surface area contributed by atoms with Crippen LogP contribution >= 0.6 is 27.7 Å². The Kier molecular flexibility index (Phi) is 6.04. The normalized spacial score (nSPS) is 19.3. The van der Waals surface area contributed by atoms with Gasteiger partial charge in [0.1, 0.15) is 0 Å². The van der Waals surface area contributed by atoms with Gasteiger partial charge in [0.25, 0.3) is 0 Å². The van der Waals surface area contributed by atoms with Crippen LogP contribution in [-0.4, -0.2) is 27.4 Å². The zero-order valence-corrected chi connectivity index (χ0v) is 16.2. The highest BCUT2D eigenvalue weighted by Crippen LogP contribution is 2.30. The Morgan fingerprint density at radius 2 is 1.88 bits per heavy atom. The molecular formula is C19H18BrN3OS. The van der Waals surface area contributed by atoms with E-state index in [-0.39, 0.29) is 11.2 Å². The summed E-state index contributed by atoms with van der Waals surface area (Å²) in [4.78, 5) is 14.3. The number of amides is 1. The average molecular weight is 416 g/mol. The molecule has 128 valence electrons. The van der Waals surface area contributed by atoms with Crippen molar-refractivity contribution >= 4 is 45.0 Å². The molecule has 1 atom stereocenters. The number of hydrogen-bond acceptors (Lipinski definition) is 4. The van der Waals surface area contributed by atoms with Crippen LogP contribution in [0.15, 0.2) is 69.3 Å². The highest BCUT2D eigenvalue weighted by molar-refractivity contribution is 9.10. The number of carbonyl (C=O) groups excluding carboxylic acids is 1. The van der Waals surface area contributed by atoms with Crippen molar-refractivity contribution in [2.75, 3.05) is 0 Å². The number of carbonyl (C=O) groups is 1. The molecule has 1 aliphatic rings. The molecule has 3 rings (SSSR count). The number of thioether (sulfide) groups is 1. The first kappa shape index (κ1) is 17.9. The predicted octanol–water partition coefficient (Wildman–Crippen LogP) is 4.69. The summed E-state index contributed by atoms with van der Waals surface area (Å²) < 4.78 is 1.02. The fourth-order valence-electron chi connectivity index (χ4n) is 2.45. The van der Waals surface area contributed by atoms with Crippen molar-refractivity contribution in [3.05, 3.63) is 70.2 Å². The molecule has 6 heteroatoms. The summed E-state index contributed by atoms with van der Waals surface area (Å²) in [5.74, 6) is 0.106. The molecule has 0 radical (unpaired) electrons. The number of rotatable bonds is 5. The van der Waals surface area contributed by atoms with Gasteiger partial charge in [0, 0.05) is 4.47 Å². The van der Waals surface area contributed by atoms with E-state index in [1.54, 1.807) is 11.1 Å². The Morgan fingerprint density at radius 1 is 1.16 bits per heavy atom. The van der Waals surface area contributed by atoms with E-state index in [2.05, 4.69) is 26.1 Å². The summed E-state index contributed by atoms with van der Waals surface area (Å²) in [6.07, 6.45) is 2.48. The monoisotopic (exact) mass is 415 g/mol. The van der Waals surface area contributed by atoms with Crippen molar-refractivity contribution in [3.63, 3.8) is 0 Å². The maximum atomic E-state index is 12.6. The van der Waals surface area contributed by atoms with E-state index < -0.39 is 0 Å². The number of halogens is 1. The van der Waals surface area contributed by atoms with Gasteiger partial charge in [-0.15, -0.1) is 5.10 Å². The van der Waals surface area contributed by atoms with E-state index in [4.69, 9.17) is 0 Å². The van der Waals surface area contributed by atoms with Crippen molar-refractivity contribution in [2.24, 2.45) is 10.2 Å². The molecular weight excluding hydrogens is 398 g/mol. The minimum absolute atomic E-state index is 0.0784. The van der Waals surface area contributed by atoms with Crippen molar-refractivity contribution in [1.29, 1.82) is 0 Å². The van der Waals surface area contributed by atoms with Gasteiger partial charge in [-0.3, -0.25) is 9.69 Å². The highest BCUT2D eigenvalue weighted by atomic mass is 79.9. The molecule has 2 aromatic rings. The Bertz CT molecular complexity index is 790. The second kappa shape index (κ2) is 8.45. The quantitative estimate of drug-likeness (QED) is 0.524. The summed E-state index contributed by atoms with van der Waals surface area (Å²) in [6.45, 7) is 2.54. The largest absolute Gasteiger partial charge is 0.284 e. The van der Waals surface area contributed by atoms with Gasteiger partial charge in [-0.2, -0.15) is 5.10 Å². The van der Waals surface area contributed by atoms with E-state index >= 15 is 0 Å². The third-order valence-corrected chi connectivity index (χ3v) is 5.66. The van der Waals surface area contributed by atoms with Crippen LogP contribution in [-0.2, 0) is 11.3 Å². The fraction of sp³-hybridized carbons (Fsp3) is 0.211. The van der Waals surface area contributed by atoms with Gasteiger partial charge in [-0.05, 0) is 29.7 Å². The van der Waals surface area contributed by atoms with Gasteiger partial charge in [-0.1, -0.05) is 77.1 Å². The molecule has 1 heterocycles. The van der Waals surface area contributed by atoms with Gasteiger partial charge < -0.3 is 0 Å². The zero-order chi connectivity index (χ0) is 17.6. The molecule has 2 aromatic carbocycles. The smallest absolute Gasteiger partial charge is 0.242 e. The van der Waals surface area contributed by atoms with Crippen LogP contribution in [0.1, 0.15) is 24.5 Å². The fourth-order valence-corrected chi connectivity index (χ4v) is 3.74. The van der Waals surface area contributed by atoms with Crippen LogP contribution in [0.5, 0.6) is 0 Å². The van der Waals surface area contributed by atoms with E-state index in [1.807, 2.05) is 61.5 Å². The maximum absolute atomic E-state index is 12.6. The Labute approximate surface area is 160 Å². The molecule has 4 nitrogen and oxygen atoms in total. The molecule has 1 amide bonds. The minimum Gasteiger partial charge on any atom is -0.284 e. The second-order valence-corrected chi connectivity index (χ2v) is 7.69. The van der Waals surface area contributed by atoms with Crippen LogP contribution in [0, 0.1) is 0 Å². The molecule has 0 bridgehead atoms. The van der Waals surface area contributed by atoms with Gasteiger partial charge in [-0.25, -0.2) is 0 Å². The SMILES string of the molecule is CC[C@@H]1S/C(=N/N=C\c2ccc(Br)cc2)N(Cc2ccccc2)C1=O. The zero-order valence-electron chi connectivity index (χ0n) is 13.8. The summed E-state index contributed by atoms with van der Waals surface area (Å²) in [5.41, 5.74) is 2.04. The lowest BCUT2D eigenvalue weighted by atomic mass is 10.2. The number of benzene rings is 2. The molecule has 1 saturated heterocycles. The number of nitrogens with zero attached hydrogens (tertiary/aromatic N) is 3. The molecule has 0 unspecified atom stereocenters. The Morgan fingerprint density at radius 3 is 2.56 bits per heavy atom. The molecule has 0 aliphatic carbocycles. The third-order valence-electron chi connectivity index (χ3n) is 3.79.